The number of hydrogen-bond donors (Lipinski definition) is 2. The highest BCUT2D eigenvalue weighted by atomic mass is 19.4. The standard InChI is InChI=1S/C14H17F3N2O2/c15-14(16,17)7-11-3-1-2-4-12(11)18-13(21)19-6-5-10(8-19)9-20/h1-4,10,20H,5-9H2,(H,18,21). The largest absolute Gasteiger partial charge is 0.396 e. The van der Waals surface area contributed by atoms with Crippen LogP contribution in [0.25, 0.3) is 0 Å². The molecule has 1 saturated heterocycles. The lowest BCUT2D eigenvalue weighted by Crippen LogP contribution is -2.33. The number of aliphatic hydroxyl groups is 1. The van der Waals surface area contributed by atoms with Crippen LogP contribution in [0.3, 0.4) is 0 Å². The van der Waals surface area contributed by atoms with Crippen LogP contribution in [0.1, 0.15) is 12.0 Å². The quantitative estimate of drug-likeness (QED) is 0.902. The molecule has 1 aromatic carbocycles. The number of alkyl halides is 3. The maximum atomic E-state index is 12.5. The van der Waals surface area contributed by atoms with Crippen molar-refractivity contribution in [1.29, 1.82) is 0 Å². The van der Waals surface area contributed by atoms with Gasteiger partial charge in [-0.3, -0.25) is 0 Å². The lowest BCUT2D eigenvalue weighted by atomic mass is 10.1. The molecule has 2 rings (SSSR count). The van der Waals surface area contributed by atoms with Gasteiger partial charge in [0.05, 0.1) is 6.42 Å². The van der Waals surface area contributed by atoms with Gasteiger partial charge in [-0.15, -0.1) is 0 Å². The summed E-state index contributed by atoms with van der Waals surface area (Å²) in [6.07, 6.45) is -4.70. The van der Waals surface area contributed by atoms with E-state index < -0.39 is 18.6 Å². The van der Waals surface area contributed by atoms with Gasteiger partial charge in [0.25, 0.3) is 0 Å². The summed E-state index contributed by atoms with van der Waals surface area (Å²) in [5, 5.41) is 11.6. The minimum Gasteiger partial charge on any atom is -0.396 e. The Balaban J connectivity index is 2.04. The number of likely N-dealkylation sites (tertiary alicyclic amines) is 1. The normalized spacial score (nSPS) is 18.9. The summed E-state index contributed by atoms with van der Waals surface area (Å²) < 4.78 is 37.5. The van der Waals surface area contributed by atoms with Crippen LogP contribution in [0.2, 0.25) is 0 Å². The van der Waals surface area contributed by atoms with Gasteiger partial charge in [-0.25, -0.2) is 4.79 Å². The first kappa shape index (κ1) is 15.6. The molecular formula is C14H17F3N2O2. The molecule has 1 atom stereocenters. The van der Waals surface area contributed by atoms with Crippen molar-refractivity contribution in [3.63, 3.8) is 0 Å². The van der Waals surface area contributed by atoms with Crippen LogP contribution in [-0.4, -0.2) is 41.9 Å². The number of nitrogens with zero attached hydrogens (tertiary/aromatic N) is 1. The SMILES string of the molecule is O=C(Nc1ccccc1CC(F)(F)F)N1CCC(CO)C1. The molecule has 1 aliphatic rings. The second-order valence-electron chi connectivity index (χ2n) is 5.16. The summed E-state index contributed by atoms with van der Waals surface area (Å²) in [6.45, 7) is 0.927. The third-order valence-corrected chi connectivity index (χ3v) is 3.48. The zero-order chi connectivity index (χ0) is 15.5. The van der Waals surface area contributed by atoms with Crippen molar-refractivity contribution in [2.24, 2.45) is 5.92 Å². The molecular weight excluding hydrogens is 285 g/mol. The number of anilines is 1. The molecule has 7 heteroatoms. The van der Waals surface area contributed by atoms with E-state index in [4.69, 9.17) is 5.11 Å². The van der Waals surface area contributed by atoms with E-state index in [1.807, 2.05) is 0 Å². The highest BCUT2D eigenvalue weighted by molar-refractivity contribution is 5.90. The number of urea groups is 1. The Morgan fingerprint density at radius 1 is 1.38 bits per heavy atom. The van der Waals surface area contributed by atoms with Crippen LogP contribution in [0.5, 0.6) is 0 Å². The van der Waals surface area contributed by atoms with Gasteiger partial charge in [-0.2, -0.15) is 13.2 Å². The fourth-order valence-electron chi connectivity index (χ4n) is 2.37. The Bertz CT molecular complexity index is 505. The summed E-state index contributed by atoms with van der Waals surface area (Å²) in [7, 11) is 0. The summed E-state index contributed by atoms with van der Waals surface area (Å²) in [4.78, 5) is 13.6. The third-order valence-electron chi connectivity index (χ3n) is 3.48. The Hall–Kier alpha value is -1.76. The first-order valence-electron chi connectivity index (χ1n) is 6.70. The molecule has 0 aliphatic carbocycles. The van der Waals surface area contributed by atoms with Crippen molar-refractivity contribution in [3.8, 4) is 0 Å². The number of halogens is 3. The highest BCUT2D eigenvalue weighted by Crippen LogP contribution is 2.26. The van der Waals surface area contributed by atoms with E-state index in [-0.39, 0.29) is 23.8 Å². The summed E-state index contributed by atoms with van der Waals surface area (Å²) in [5.74, 6) is 0.0427. The molecule has 116 valence electrons. The van der Waals surface area contributed by atoms with Crippen LogP contribution in [0.15, 0.2) is 24.3 Å². The van der Waals surface area contributed by atoms with Crippen LogP contribution in [0.4, 0.5) is 23.7 Å². The molecule has 1 aromatic rings. The van der Waals surface area contributed by atoms with E-state index in [0.717, 1.165) is 0 Å². The molecule has 0 radical (unpaired) electrons. The maximum absolute atomic E-state index is 12.5. The average Bonchev–Trinajstić information content (AvgIpc) is 2.88. The van der Waals surface area contributed by atoms with Crippen LogP contribution in [0, 0.1) is 5.92 Å². The van der Waals surface area contributed by atoms with Crippen LogP contribution < -0.4 is 5.32 Å². The van der Waals surface area contributed by atoms with Crippen molar-refractivity contribution < 1.29 is 23.1 Å². The molecule has 1 aliphatic heterocycles. The van der Waals surface area contributed by atoms with Gasteiger partial charge in [-0.1, -0.05) is 18.2 Å². The molecule has 1 heterocycles. The summed E-state index contributed by atoms with van der Waals surface area (Å²) in [6, 6.07) is 5.47. The topological polar surface area (TPSA) is 52.6 Å². The number of benzene rings is 1. The number of hydrogen-bond acceptors (Lipinski definition) is 2. The minimum absolute atomic E-state index is 0.00837. The minimum atomic E-state index is -4.32. The van der Waals surface area contributed by atoms with Gasteiger partial charge in [-0.05, 0) is 18.1 Å². The second-order valence-corrected chi connectivity index (χ2v) is 5.16. The van der Waals surface area contributed by atoms with Crippen molar-refractivity contribution in [2.75, 3.05) is 25.0 Å². The van der Waals surface area contributed by atoms with Crippen LogP contribution >= 0.6 is 0 Å². The first-order valence-corrected chi connectivity index (χ1v) is 6.70. The molecule has 4 nitrogen and oxygen atoms in total. The molecule has 21 heavy (non-hydrogen) atoms. The van der Waals surface area contributed by atoms with Gasteiger partial charge >= 0.3 is 12.2 Å². The van der Waals surface area contributed by atoms with Gasteiger partial charge < -0.3 is 15.3 Å². The summed E-state index contributed by atoms with van der Waals surface area (Å²) in [5.41, 5.74) is 0.212. The number of carbonyl (C=O) groups excluding carboxylic acids is 1. The van der Waals surface area contributed by atoms with Gasteiger partial charge in [0, 0.05) is 31.3 Å². The number of para-hydroxylation sites is 1. The zero-order valence-electron chi connectivity index (χ0n) is 11.4. The fraction of sp³-hybridized carbons (Fsp3) is 0.500. The van der Waals surface area contributed by atoms with E-state index in [0.29, 0.717) is 19.5 Å². The molecule has 1 unspecified atom stereocenters. The van der Waals surface area contributed by atoms with Crippen molar-refractivity contribution in [3.05, 3.63) is 29.8 Å². The monoisotopic (exact) mass is 302 g/mol. The molecule has 2 amide bonds. The van der Waals surface area contributed by atoms with Gasteiger partial charge in [0.2, 0.25) is 0 Å². The van der Waals surface area contributed by atoms with E-state index in [9.17, 15) is 18.0 Å². The lowest BCUT2D eigenvalue weighted by Gasteiger charge is -2.19. The Morgan fingerprint density at radius 3 is 2.71 bits per heavy atom. The number of nitrogens with one attached hydrogen (secondary N) is 1. The molecule has 1 fully saturated rings. The highest BCUT2D eigenvalue weighted by Gasteiger charge is 2.30. The fourth-order valence-corrected chi connectivity index (χ4v) is 2.37. The van der Waals surface area contributed by atoms with E-state index in [1.54, 1.807) is 6.07 Å². The van der Waals surface area contributed by atoms with E-state index in [1.165, 1.54) is 23.1 Å². The smallest absolute Gasteiger partial charge is 0.393 e. The van der Waals surface area contributed by atoms with Gasteiger partial charge in [0.15, 0.2) is 0 Å². The maximum Gasteiger partial charge on any atom is 0.393 e. The number of aliphatic hydroxyl groups excluding tert-OH is 1. The summed E-state index contributed by atoms with van der Waals surface area (Å²) >= 11 is 0. The number of amides is 2. The predicted octanol–water partition coefficient (Wildman–Crippen LogP) is 2.64. The van der Waals surface area contributed by atoms with Crippen LogP contribution in [-0.2, 0) is 6.42 Å². The Kier molecular flexibility index (Phi) is 4.72. The molecule has 0 aromatic heterocycles. The average molecular weight is 302 g/mol. The van der Waals surface area contributed by atoms with E-state index >= 15 is 0 Å². The molecule has 0 saturated carbocycles. The van der Waals surface area contributed by atoms with Crippen molar-refractivity contribution >= 4 is 11.7 Å². The second kappa shape index (κ2) is 6.34. The Labute approximate surface area is 120 Å². The van der Waals surface area contributed by atoms with E-state index in [2.05, 4.69) is 5.32 Å². The molecule has 0 spiro atoms. The molecule has 0 bridgehead atoms. The number of carbonyl (C=O) groups is 1. The third kappa shape index (κ3) is 4.35. The first-order chi connectivity index (χ1) is 9.89. The lowest BCUT2D eigenvalue weighted by molar-refractivity contribution is -0.127. The van der Waals surface area contributed by atoms with Gasteiger partial charge in [0.1, 0.15) is 0 Å². The Morgan fingerprint density at radius 2 is 2.10 bits per heavy atom. The molecule has 2 N–H and O–H groups in total. The predicted molar refractivity (Wildman–Crippen MR) is 72.0 cm³/mol. The van der Waals surface area contributed by atoms with Crippen molar-refractivity contribution in [1.82, 2.24) is 4.90 Å². The number of rotatable bonds is 3. The van der Waals surface area contributed by atoms with Crippen molar-refractivity contribution in [2.45, 2.75) is 19.0 Å². The zero-order valence-corrected chi connectivity index (χ0v) is 11.4.